The summed E-state index contributed by atoms with van der Waals surface area (Å²) in [6, 6.07) is 4.93. The number of aryl methyl sites for hydroxylation is 1. The quantitative estimate of drug-likeness (QED) is 0.871. The number of aliphatic carboxylic acids is 1. The van der Waals surface area contributed by atoms with Crippen LogP contribution in [0, 0.1) is 12.3 Å². The summed E-state index contributed by atoms with van der Waals surface area (Å²) in [4.78, 5) is 24.4. The number of carbonyl (C=O) groups is 2. The summed E-state index contributed by atoms with van der Waals surface area (Å²) < 4.78 is 45.0. The van der Waals surface area contributed by atoms with E-state index in [1.165, 1.54) is 6.92 Å². The van der Waals surface area contributed by atoms with Crippen LogP contribution in [0.15, 0.2) is 18.2 Å². The highest BCUT2D eigenvalue weighted by Crippen LogP contribution is 2.45. The predicted molar refractivity (Wildman–Crippen MR) is 83.6 cm³/mol. The monoisotopic (exact) mass is 379 g/mol. The molecule has 1 saturated heterocycles. The smallest absolute Gasteiger partial charge is 0.406 e. The molecule has 1 aromatic carbocycles. The third kappa shape index (κ3) is 3.68. The van der Waals surface area contributed by atoms with Gasteiger partial charge in [0.25, 0.3) is 5.91 Å². The molecule has 0 radical (unpaired) electrons. The first-order valence-electron chi connectivity index (χ1n) is 7.49. The Morgan fingerprint density at radius 3 is 2.56 bits per heavy atom. The molecular formula is C16H17ClF3NO4. The molecule has 1 amide bonds. The van der Waals surface area contributed by atoms with Gasteiger partial charge in [0, 0.05) is 13.1 Å². The van der Waals surface area contributed by atoms with Gasteiger partial charge in [-0.3, -0.25) is 9.59 Å². The molecule has 1 heterocycles. The number of carboxylic acid groups (broad SMARTS) is 1. The molecule has 0 bridgehead atoms. The molecule has 2 rings (SSSR count). The fourth-order valence-corrected chi connectivity index (χ4v) is 2.89. The van der Waals surface area contributed by atoms with Crippen molar-refractivity contribution in [2.75, 3.05) is 13.1 Å². The maximum Gasteiger partial charge on any atom is 0.406 e. The fourth-order valence-electron chi connectivity index (χ4n) is 2.72. The van der Waals surface area contributed by atoms with E-state index in [0.29, 0.717) is 0 Å². The Morgan fingerprint density at radius 2 is 2.04 bits per heavy atom. The van der Waals surface area contributed by atoms with E-state index >= 15 is 0 Å². The van der Waals surface area contributed by atoms with Gasteiger partial charge in [-0.05, 0) is 38.0 Å². The van der Waals surface area contributed by atoms with Gasteiger partial charge in [-0.25, -0.2) is 0 Å². The number of likely N-dealkylation sites (tertiary alicyclic amines) is 1. The number of halogens is 4. The van der Waals surface area contributed by atoms with Crippen LogP contribution in [-0.2, 0) is 9.59 Å². The van der Waals surface area contributed by atoms with Crippen LogP contribution in [0.5, 0.6) is 5.75 Å². The summed E-state index contributed by atoms with van der Waals surface area (Å²) in [6.07, 6.45) is -6.73. The maximum atomic E-state index is 13.2. The summed E-state index contributed by atoms with van der Waals surface area (Å²) in [5, 5.41) is 9.30. The summed E-state index contributed by atoms with van der Waals surface area (Å²) in [5.74, 6) is -2.46. The first kappa shape index (κ1) is 19.4. The van der Waals surface area contributed by atoms with Crippen LogP contribution < -0.4 is 4.74 Å². The number of hydrogen-bond donors (Lipinski definition) is 1. The summed E-state index contributed by atoms with van der Waals surface area (Å²) in [6.45, 7) is 1.94. The number of carbonyl (C=O) groups excluding carboxylic acids is 1. The molecular weight excluding hydrogens is 363 g/mol. The van der Waals surface area contributed by atoms with Crippen LogP contribution in [0.25, 0.3) is 0 Å². The lowest BCUT2D eigenvalue weighted by Crippen LogP contribution is -2.49. The van der Waals surface area contributed by atoms with E-state index in [1.54, 1.807) is 25.1 Å². The van der Waals surface area contributed by atoms with Crippen LogP contribution in [0.1, 0.15) is 18.9 Å². The van der Waals surface area contributed by atoms with E-state index in [1.807, 2.05) is 0 Å². The molecule has 5 nitrogen and oxygen atoms in total. The molecule has 1 aliphatic rings. The standard InChI is InChI=1S/C16H17ClF3NO4/c1-9-3-4-11(17)12(7-9)25-10(2)13(22)21-6-5-15(8-21,14(23)24)16(18,19)20/h3-4,7,10H,5-6,8H2,1-2H3,(H,23,24). The number of hydrogen-bond acceptors (Lipinski definition) is 3. The molecule has 1 aliphatic heterocycles. The zero-order chi connectivity index (χ0) is 19.0. The van der Waals surface area contributed by atoms with E-state index < -0.39 is 42.5 Å². The minimum absolute atomic E-state index is 0.238. The van der Waals surface area contributed by atoms with Gasteiger partial charge in [0.1, 0.15) is 5.75 Å². The van der Waals surface area contributed by atoms with Crippen molar-refractivity contribution in [2.45, 2.75) is 32.5 Å². The number of carboxylic acids is 1. The van der Waals surface area contributed by atoms with Crippen LogP contribution in [0.3, 0.4) is 0 Å². The fraction of sp³-hybridized carbons (Fsp3) is 0.500. The van der Waals surface area contributed by atoms with Gasteiger partial charge in [-0.2, -0.15) is 13.2 Å². The Hall–Kier alpha value is -1.96. The number of rotatable bonds is 4. The van der Waals surface area contributed by atoms with Crippen molar-refractivity contribution in [3.8, 4) is 5.75 Å². The summed E-state index contributed by atoms with van der Waals surface area (Å²) >= 11 is 5.97. The molecule has 0 saturated carbocycles. The molecule has 0 spiro atoms. The van der Waals surface area contributed by atoms with Gasteiger partial charge in [0.05, 0.1) is 5.02 Å². The highest BCUT2D eigenvalue weighted by atomic mass is 35.5. The van der Waals surface area contributed by atoms with Gasteiger partial charge < -0.3 is 14.7 Å². The van der Waals surface area contributed by atoms with Crippen molar-refractivity contribution < 1.29 is 32.6 Å². The summed E-state index contributed by atoms with van der Waals surface area (Å²) in [7, 11) is 0. The summed E-state index contributed by atoms with van der Waals surface area (Å²) in [5.41, 5.74) is -2.11. The molecule has 138 valence electrons. The van der Waals surface area contributed by atoms with Gasteiger partial charge >= 0.3 is 12.1 Å². The highest BCUT2D eigenvalue weighted by molar-refractivity contribution is 6.32. The highest BCUT2D eigenvalue weighted by Gasteiger charge is 2.64. The average Bonchev–Trinajstić information content (AvgIpc) is 2.96. The zero-order valence-electron chi connectivity index (χ0n) is 13.6. The SMILES string of the molecule is Cc1ccc(Cl)c(OC(C)C(=O)N2CCC(C(=O)O)(C(F)(F)F)C2)c1. The van der Waals surface area contributed by atoms with Crippen molar-refractivity contribution in [3.05, 3.63) is 28.8 Å². The van der Waals surface area contributed by atoms with E-state index in [-0.39, 0.29) is 17.3 Å². The molecule has 2 atom stereocenters. The number of nitrogens with zero attached hydrogens (tertiary/aromatic N) is 1. The van der Waals surface area contributed by atoms with Crippen LogP contribution in [-0.4, -0.2) is 47.3 Å². The maximum absolute atomic E-state index is 13.2. The topological polar surface area (TPSA) is 66.8 Å². The van der Waals surface area contributed by atoms with Crippen molar-refractivity contribution in [2.24, 2.45) is 5.41 Å². The van der Waals surface area contributed by atoms with E-state index in [0.717, 1.165) is 10.5 Å². The Morgan fingerprint density at radius 1 is 1.40 bits per heavy atom. The van der Waals surface area contributed by atoms with Gasteiger partial charge in [-0.15, -0.1) is 0 Å². The lowest BCUT2D eigenvalue weighted by atomic mass is 9.86. The van der Waals surface area contributed by atoms with E-state index in [9.17, 15) is 22.8 Å². The van der Waals surface area contributed by atoms with Gasteiger partial charge in [-0.1, -0.05) is 17.7 Å². The Bertz CT molecular complexity index is 694. The van der Waals surface area contributed by atoms with Gasteiger partial charge in [0.15, 0.2) is 11.5 Å². The zero-order valence-corrected chi connectivity index (χ0v) is 14.3. The Balaban J connectivity index is 2.13. The molecule has 2 unspecified atom stereocenters. The first-order valence-corrected chi connectivity index (χ1v) is 7.87. The van der Waals surface area contributed by atoms with E-state index in [2.05, 4.69) is 0 Å². The van der Waals surface area contributed by atoms with Crippen molar-refractivity contribution >= 4 is 23.5 Å². The number of alkyl halides is 3. The second kappa shape index (κ2) is 6.74. The Kier molecular flexibility index (Phi) is 5.22. The number of amides is 1. The Labute approximate surface area is 147 Å². The number of benzene rings is 1. The van der Waals surface area contributed by atoms with Crippen molar-refractivity contribution in [1.82, 2.24) is 4.90 Å². The predicted octanol–water partition coefficient (Wildman–Crippen LogP) is 3.28. The molecule has 1 aromatic rings. The molecule has 1 N–H and O–H groups in total. The third-order valence-electron chi connectivity index (χ3n) is 4.27. The van der Waals surface area contributed by atoms with Crippen molar-refractivity contribution in [1.29, 1.82) is 0 Å². The largest absolute Gasteiger partial charge is 0.481 e. The normalized spacial score (nSPS) is 21.9. The molecule has 1 fully saturated rings. The lowest BCUT2D eigenvalue weighted by Gasteiger charge is -2.28. The third-order valence-corrected chi connectivity index (χ3v) is 4.58. The minimum Gasteiger partial charge on any atom is -0.481 e. The second-order valence-electron chi connectivity index (χ2n) is 6.09. The average molecular weight is 380 g/mol. The molecule has 9 heteroatoms. The second-order valence-corrected chi connectivity index (χ2v) is 6.50. The van der Waals surface area contributed by atoms with Crippen LogP contribution >= 0.6 is 11.6 Å². The molecule has 25 heavy (non-hydrogen) atoms. The van der Waals surface area contributed by atoms with E-state index in [4.69, 9.17) is 21.4 Å². The minimum atomic E-state index is -4.95. The van der Waals surface area contributed by atoms with Crippen LogP contribution in [0.4, 0.5) is 13.2 Å². The first-order chi connectivity index (χ1) is 11.5. The van der Waals surface area contributed by atoms with Crippen LogP contribution in [0.2, 0.25) is 5.02 Å². The number of ether oxygens (including phenoxy) is 1. The molecule has 0 aromatic heterocycles. The van der Waals surface area contributed by atoms with Gasteiger partial charge in [0.2, 0.25) is 0 Å². The lowest BCUT2D eigenvalue weighted by molar-refractivity contribution is -0.227. The molecule has 0 aliphatic carbocycles. The van der Waals surface area contributed by atoms with Crippen molar-refractivity contribution in [3.63, 3.8) is 0 Å².